The largest absolute Gasteiger partial charge is 0.468 e. The number of ether oxygens (including phenoxy) is 1. The predicted octanol–water partition coefficient (Wildman–Crippen LogP) is 1.32. The minimum atomic E-state index is -0.270. The SMILES string of the molecule is CCCCNC(=O)CN(CC(=O)OC)C1CCCC1. The van der Waals surface area contributed by atoms with Gasteiger partial charge in [-0.1, -0.05) is 26.2 Å². The fourth-order valence-corrected chi connectivity index (χ4v) is 2.46. The van der Waals surface area contributed by atoms with Crippen molar-refractivity contribution < 1.29 is 14.3 Å². The van der Waals surface area contributed by atoms with Crippen molar-refractivity contribution in [2.24, 2.45) is 0 Å². The van der Waals surface area contributed by atoms with E-state index >= 15 is 0 Å². The Balaban J connectivity index is 2.43. The van der Waals surface area contributed by atoms with Gasteiger partial charge >= 0.3 is 5.97 Å². The molecule has 1 saturated carbocycles. The van der Waals surface area contributed by atoms with E-state index in [2.05, 4.69) is 12.2 Å². The first-order chi connectivity index (χ1) is 9.17. The number of carbonyl (C=O) groups is 2. The molecule has 0 heterocycles. The molecule has 110 valence electrons. The topological polar surface area (TPSA) is 58.6 Å². The second-order valence-electron chi connectivity index (χ2n) is 5.12. The van der Waals surface area contributed by atoms with E-state index in [-0.39, 0.29) is 18.4 Å². The predicted molar refractivity (Wildman–Crippen MR) is 73.8 cm³/mol. The number of unbranched alkanes of at least 4 members (excludes halogenated alkanes) is 1. The normalized spacial score (nSPS) is 15.7. The summed E-state index contributed by atoms with van der Waals surface area (Å²) in [7, 11) is 1.39. The lowest BCUT2D eigenvalue weighted by Crippen LogP contribution is -2.44. The van der Waals surface area contributed by atoms with Crippen LogP contribution in [-0.4, -0.2) is 49.6 Å². The maximum absolute atomic E-state index is 11.8. The zero-order valence-electron chi connectivity index (χ0n) is 12.1. The zero-order chi connectivity index (χ0) is 14.1. The van der Waals surface area contributed by atoms with Crippen LogP contribution in [0.1, 0.15) is 45.4 Å². The van der Waals surface area contributed by atoms with Crippen LogP contribution in [0, 0.1) is 0 Å². The molecule has 0 spiro atoms. The Morgan fingerprint density at radius 2 is 1.95 bits per heavy atom. The highest BCUT2D eigenvalue weighted by Gasteiger charge is 2.26. The van der Waals surface area contributed by atoms with Crippen molar-refractivity contribution in [2.45, 2.75) is 51.5 Å². The van der Waals surface area contributed by atoms with Crippen molar-refractivity contribution in [3.63, 3.8) is 0 Å². The number of hydrogen-bond donors (Lipinski definition) is 1. The minimum Gasteiger partial charge on any atom is -0.468 e. The molecule has 5 heteroatoms. The molecule has 0 unspecified atom stereocenters. The van der Waals surface area contributed by atoms with Crippen LogP contribution in [0.15, 0.2) is 0 Å². The molecule has 0 bridgehead atoms. The lowest BCUT2D eigenvalue weighted by Gasteiger charge is -2.26. The van der Waals surface area contributed by atoms with Gasteiger partial charge in [0.1, 0.15) is 0 Å². The average Bonchev–Trinajstić information content (AvgIpc) is 2.92. The van der Waals surface area contributed by atoms with Gasteiger partial charge in [-0.15, -0.1) is 0 Å². The van der Waals surface area contributed by atoms with Gasteiger partial charge < -0.3 is 10.1 Å². The number of methoxy groups -OCH3 is 1. The summed E-state index contributed by atoms with van der Waals surface area (Å²) in [6.45, 7) is 3.31. The summed E-state index contributed by atoms with van der Waals surface area (Å²) in [5.74, 6) is -0.266. The second kappa shape index (κ2) is 8.91. The van der Waals surface area contributed by atoms with Gasteiger partial charge in [0, 0.05) is 12.6 Å². The Labute approximate surface area is 115 Å². The molecule has 1 fully saturated rings. The number of hydrogen-bond acceptors (Lipinski definition) is 4. The van der Waals surface area contributed by atoms with Gasteiger partial charge in [0.05, 0.1) is 20.2 Å². The first-order valence-electron chi connectivity index (χ1n) is 7.25. The van der Waals surface area contributed by atoms with E-state index in [4.69, 9.17) is 4.74 Å². The van der Waals surface area contributed by atoms with Gasteiger partial charge in [0.25, 0.3) is 0 Å². The van der Waals surface area contributed by atoms with Crippen LogP contribution in [0.4, 0.5) is 0 Å². The van der Waals surface area contributed by atoms with Crippen LogP contribution in [-0.2, 0) is 14.3 Å². The fraction of sp³-hybridized carbons (Fsp3) is 0.857. The lowest BCUT2D eigenvalue weighted by atomic mass is 10.2. The molecule has 1 amide bonds. The maximum Gasteiger partial charge on any atom is 0.319 e. The first-order valence-corrected chi connectivity index (χ1v) is 7.25. The van der Waals surface area contributed by atoms with Crippen molar-refractivity contribution in [3.8, 4) is 0 Å². The van der Waals surface area contributed by atoms with Gasteiger partial charge in [-0.2, -0.15) is 0 Å². The quantitative estimate of drug-likeness (QED) is 0.534. The molecule has 1 aliphatic carbocycles. The van der Waals surface area contributed by atoms with Gasteiger partial charge in [0.15, 0.2) is 0 Å². The van der Waals surface area contributed by atoms with E-state index in [1.807, 2.05) is 4.90 Å². The average molecular weight is 270 g/mol. The lowest BCUT2D eigenvalue weighted by molar-refractivity contribution is -0.143. The summed E-state index contributed by atoms with van der Waals surface area (Å²) >= 11 is 0. The number of rotatable bonds is 8. The Hall–Kier alpha value is -1.10. The molecular formula is C14H26N2O3. The van der Waals surface area contributed by atoms with Crippen LogP contribution in [0.3, 0.4) is 0 Å². The number of carbonyl (C=O) groups excluding carboxylic acids is 2. The molecule has 0 aromatic rings. The Bertz CT molecular complexity index is 288. The molecule has 1 aliphatic rings. The number of amides is 1. The van der Waals surface area contributed by atoms with Crippen LogP contribution in [0.25, 0.3) is 0 Å². The highest BCUT2D eigenvalue weighted by Crippen LogP contribution is 2.23. The second-order valence-corrected chi connectivity index (χ2v) is 5.12. The van der Waals surface area contributed by atoms with E-state index < -0.39 is 0 Å². The summed E-state index contributed by atoms with van der Waals surface area (Å²) in [6, 6.07) is 0.344. The van der Waals surface area contributed by atoms with Crippen LogP contribution in [0.5, 0.6) is 0 Å². The van der Waals surface area contributed by atoms with Gasteiger partial charge in [0.2, 0.25) is 5.91 Å². The van der Waals surface area contributed by atoms with Gasteiger partial charge in [-0.3, -0.25) is 14.5 Å². The highest BCUT2D eigenvalue weighted by molar-refractivity contribution is 5.79. The summed E-state index contributed by atoms with van der Waals surface area (Å²) in [5.41, 5.74) is 0. The summed E-state index contributed by atoms with van der Waals surface area (Å²) in [5, 5.41) is 2.90. The number of esters is 1. The summed E-state index contributed by atoms with van der Waals surface area (Å²) < 4.78 is 4.71. The standard InChI is InChI=1S/C14H26N2O3/c1-3-4-9-15-13(17)10-16(11-14(18)19-2)12-7-5-6-8-12/h12H,3-11H2,1-2H3,(H,15,17). The Morgan fingerprint density at radius 1 is 1.26 bits per heavy atom. The number of nitrogens with zero attached hydrogens (tertiary/aromatic N) is 1. The molecule has 1 N–H and O–H groups in total. The van der Waals surface area contributed by atoms with E-state index in [1.165, 1.54) is 20.0 Å². The summed E-state index contributed by atoms with van der Waals surface area (Å²) in [4.78, 5) is 25.2. The third-order valence-electron chi connectivity index (χ3n) is 3.60. The van der Waals surface area contributed by atoms with Crippen LogP contribution in [0.2, 0.25) is 0 Å². The van der Waals surface area contributed by atoms with Crippen molar-refractivity contribution >= 4 is 11.9 Å². The monoisotopic (exact) mass is 270 g/mol. The van der Waals surface area contributed by atoms with E-state index in [9.17, 15) is 9.59 Å². The first kappa shape index (κ1) is 16.0. The molecule has 0 aliphatic heterocycles. The number of nitrogens with one attached hydrogen (secondary N) is 1. The molecule has 0 atom stereocenters. The molecule has 0 aromatic carbocycles. The van der Waals surface area contributed by atoms with Crippen LogP contribution >= 0.6 is 0 Å². The fourth-order valence-electron chi connectivity index (χ4n) is 2.46. The molecule has 19 heavy (non-hydrogen) atoms. The van der Waals surface area contributed by atoms with Gasteiger partial charge in [-0.25, -0.2) is 0 Å². The molecule has 5 nitrogen and oxygen atoms in total. The van der Waals surface area contributed by atoms with Gasteiger partial charge in [-0.05, 0) is 19.3 Å². The van der Waals surface area contributed by atoms with Crippen molar-refractivity contribution in [1.29, 1.82) is 0 Å². The van der Waals surface area contributed by atoms with Crippen molar-refractivity contribution in [3.05, 3.63) is 0 Å². The minimum absolute atomic E-state index is 0.00394. The van der Waals surface area contributed by atoms with Crippen molar-refractivity contribution in [2.75, 3.05) is 26.7 Å². The molecule has 1 rings (SSSR count). The Kier molecular flexibility index (Phi) is 7.48. The van der Waals surface area contributed by atoms with Crippen molar-refractivity contribution in [1.82, 2.24) is 10.2 Å². The summed E-state index contributed by atoms with van der Waals surface area (Å²) in [6.07, 6.45) is 6.55. The van der Waals surface area contributed by atoms with Crippen LogP contribution < -0.4 is 5.32 Å². The Morgan fingerprint density at radius 3 is 2.53 bits per heavy atom. The third kappa shape index (κ3) is 6.05. The van der Waals surface area contributed by atoms with E-state index in [0.717, 1.165) is 25.7 Å². The smallest absolute Gasteiger partial charge is 0.319 e. The molecule has 0 aromatic heterocycles. The molecular weight excluding hydrogens is 244 g/mol. The zero-order valence-corrected chi connectivity index (χ0v) is 12.1. The van der Waals surface area contributed by atoms with E-state index in [0.29, 0.717) is 19.1 Å². The van der Waals surface area contributed by atoms with E-state index in [1.54, 1.807) is 0 Å². The highest BCUT2D eigenvalue weighted by atomic mass is 16.5. The third-order valence-corrected chi connectivity index (χ3v) is 3.60. The maximum atomic E-state index is 11.8. The molecule has 0 saturated heterocycles. The molecule has 0 radical (unpaired) electrons.